The lowest BCUT2D eigenvalue weighted by Crippen LogP contribution is -2.78. The second kappa shape index (κ2) is 5.62. The number of aliphatic hydroxyl groups excluding tert-OH is 1. The number of aliphatic hydroxyl groups is 1. The van der Waals surface area contributed by atoms with Crippen LogP contribution in [-0.2, 0) is 9.59 Å². The van der Waals surface area contributed by atoms with E-state index in [2.05, 4.69) is 6.07 Å². The normalized spacial score (nSPS) is 31.5. The summed E-state index contributed by atoms with van der Waals surface area (Å²) in [6.07, 6.45) is 1.01. The zero-order chi connectivity index (χ0) is 15.8. The van der Waals surface area contributed by atoms with Gasteiger partial charge in [0.2, 0.25) is 11.8 Å². The fourth-order valence-corrected chi connectivity index (χ4v) is 3.97. The van der Waals surface area contributed by atoms with Crippen LogP contribution in [0.3, 0.4) is 0 Å². The van der Waals surface area contributed by atoms with Gasteiger partial charge in [0, 0.05) is 26.1 Å². The molecule has 2 aliphatic heterocycles. The van der Waals surface area contributed by atoms with Crippen molar-refractivity contribution < 1.29 is 14.7 Å². The van der Waals surface area contributed by atoms with E-state index in [0.717, 1.165) is 12.8 Å². The molecule has 2 amide bonds. The number of hydrogen-bond acceptors (Lipinski definition) is 5. The average molecular weight is 294 g/mol. The number of nitriles is 1. The van der Waals surface area contributed by atoms with Gasteiger partial charge in [-0.3, -0.25) is 14.5 Å². The van der Waals surface area contributed by atoms with E-state index in [0.29, 0.717) is 13.1 Å². The molecule has 116 valence electrons. The van der Waals surface area contributed by atoms with Gasteiger partial charge in [0.25, 0.3) is 0 Å². The van der Waals surface area contributed by atoms with Crippen molar-refractivity contribution in [3.05, 3.63) is 0 Å². The highest BCUT2D eigenvalue weighted by Crippen LogP contribution is 2.45. The summed E-state index contributed by atoms with van der Waals surface area (Å²) >= 11 is 0. The second-order valence-electron chi connectivity index (χ2n) is 6.02. The lowest BCUT2D eigenvalue weighted by Gasteiger charge is -2.61. The van der Waals surface area contributed by atoms with Crippen LogP contribution in [0.5, 0.6) is 0 Å². The van der Waals surface area contributed by atoms with E-state index in [9.17, 15) is 14.7 Å². The molecule has 2 unspecified atom stereocenters. The molecule has 2 saturated heterocycles. The first kappa shape index (κ1) is 15.7. The Morgan fingerprint density at radius 1 is 1.57 bits per heavy atom. The molecular formula is C14H22N4O3. The van der Waals surface area contributed by atoms with Gasteiger partial charge in [-0.15, -0.1) is 0 Å². The van der Waals surface area contributed by atoms with Crippen LogP contribution >= 0.6 is 0 Å². The quantitative estimate of drug-likeness (QED) is 0.705. The van der Waals surface area contributed by atoms with E-state index < -0.39 is 18.1 Å². The molecule has 2 aliphatic rings. The van der Waals surface area contributed by atoms with E-state index in [1.54, 1.807) is 4.90 Å². The summed E-state index contributed by atoms with van der Waals surface area (Å²) in [5, 5.41) is 18.9. The molecule has 3 N–H and O–H groups in total. The first-order chi connectivity index (χ1) is 9.85. The molecule has 2 rings (SSSR count). The molecule has 2 fully saturated rings. The van der Waals surface area contributed by atoms with Gasteiger partial charge < -0.3 is 15.7 Å². The molecule has 0 bridgehead atoms. The van der Waals surface area contributed by atoms with Crippen LogP contribution in [0, 0.1) is 11.3 Å². The van der Waals surface area contributed by atoms with Crippen molar-refractivity contribution in [2.24, 2.45) is 5.73 Å². The summed E-state index contributed by atoms with van der Waals surface area (Å²) in [4.78, 5) is 27.0. The Balaban J connectivity index is 2.27. The molecule has 0 aliphatic carbocycles. The van der Waals surface area contributed by atoms with Gasteiger partial charge in [-0.05, 0) is 19.8 Å². The van der Waals surface area contributed by atoms with Crippen LogP contribution in [0.15, 0.2) is 0 Å². The fourth-order valence-electron chi connectivity index (χ4n) is 3.97. The number of carbonyl (C=O) groups is 2. The Kier molecular flexibility index (Phi) is 4.21. The van der Waals surface area contributed by atoms with Gasteiger partial charge in [-0.1, -0.05) is 0 Å². The molecule has 0 aromatic rings. The summed E-state index contributed by atoms with van der Waals surface area (Å²) in [6, 6.07) is 1.06. The predicted molar refractivity (Wildman–Crippen MR) is 74.7 cm³/mol. The molecule has 2 heterocycles. The monoisotopic (exact) mass is 294 g/mol. The lowest BCUT2D eigenvalue weighted by atomic mass is 9.74. The fraction of sp³-hybridized carbons (Fsp3) is 0.786. The van der Waals surface area contributed by atoms with E-state index >= 15 is 0 Å². The molecular weight excluding hydrogens is 272 g/mol. The van der Waals surface area contributed by atoms with Crippen molar-refractivity contribution in [1.82, 2.24) is 9.80 Å². The van der Waals surface area contributed by atoms with E-state index in [1.165, 1.54) is 13.8 Å². The Morgan fingerprint density at radius 2 is 2.24 bits per heavy atom. The highest BCUT2D eigenvalue weighted by molar-refractivity contribution is 5.81. The summed E-state index contributed by atoms with van der Waals surface area (Å²) < 4.78 is 0. The van der Waals surface area contributed by atoms with Gasteiger partial charge >= 0.3 is 0 Å². The highest BCUT2D eigenvalue weighted by Gasteiger charge is 2.61. The molecule has 4 atom stereocenters. The summed E-state index contributed by atoms with van der Waals surface area (Å²) in [5.74, 6) is -0.613. The molecule has 0 saturated carbocycles. The van der Waals surface area contributed by atoms with Crippen LogP contribution in [0.25, 0.3) is 0 Å². The minimum atomic E-state index is -0.909. The number of rotatable bonds is 4. The first-order valence-electron chi connectivity index (χ1n) is 7.23. The van der Waals surface area contributed by atoms with Crippen LogP contribution in [-0.4, -0.2) is 63.5 Å². The topological polar surface area (TPSA) is 111 Å². The Labute approximate surface area is 124 Å². The third-order valence-corrected chi connectivity index (χ3v) is 4.78. The van der Waals surface area contributed by atoms with Crippen LogP contribution < -0.4 is 5.73 Å². The maximum atomic E-state index is 11.8. The number of nitrogens with zero attached hydrogens (tertiary/aromatic N) is 3. The van der Waals surface area contributed by atoms with Crippen molar-refractivity contribution in [3.8, 4) is 6.07 Å². The number of hydrogen-bond donors (Lipinski definition) is 2. The van der Waals surface area contributed by atoms with Gasteiger partial charge in [0.1, 0.15) is 6.04 Å². The Hall–Kier alpha value is -1.65. The average Bonchev–Trinajstić information content (AvgIpc) is 2.81. The predicted octanol–water partition coefficient (Wildman–Crippen LogP) is -0.800. The van der Waals surface area contributed by atoms with Gasteiger partial charge in [-0.25, -0.2) is 0 Å². The van der Waals surface area contributed by atoms with E-state index in [1.807, 2.05) is 4.90 Å². The zero-order valence-corrected chi connectivity index (χ0v) is 12.5. The van der Waals surface area contributed by atoms with Crippen molar-refractivity contribution >= 4 is 11.8 Å². The van der Waals surface area contributed by atoms with Crippen LogP contribution in [0.1, 0.15) is 33.1 Å². The second-order valence-corrected chi connectivity index (χ2v) is 6.02. The Bertz CT molecular complexity index is 487. The number of primary amides is 1. The molecule has 21 heavy (non-hydrogen) atoms. The highest BCUT2D eigenvalue weighted by atomic mass is 16.3. The summed E-state index contributed by atoms with van der Waals surface area (Å²) in [6.45, 7) is 4.21. The maximum absolute atomic E-state index is 11.8. The summed E-state index contributed by atoms with van der Waals surface area (Å²) in [5.41, 5.74) is 5.00. The van der Waals surface area contributed by atoms with Crippen LogP contribution in [0.4, 0.5) is 0 Å². The molecule has 0 aromatic heterocycles. The molecule has 0 radical (unpaired) electrons. The van der Waals surface area contributed by atoms with Crippen LogP contribution in [0.2, 0.25) is 0 Å². The standard InChI is InChI=1S/C14H22N4O3/c1-9(19)12(13(16)21)17-8-14(11(17)4-6-15)5-3-7-18(14)10(2)20/h9,11-12,19H,3-5,7-8H2,1-2H3,(H2,16,21)/t9-,11?,12+,14?/m1/s1. The largest absolute Gasteiger partial charge is 0.391 e. The third kappa shape index (κ3) is 2.39. The smallest absolute Gasteiger partial charge is 0.237 e. The van der Waals surface area contributed by atoms with Crippen molar-refractivity contribution in [2.75, 3.05) is 13.1 Å². The van der Waals surface area contributed by atoms with Gasteiger partial charge in [0.15, 0.2) is 0 Å². The van der Waals surface area contributed by atoms with E-state index in [-0.39, 0.29) is 23.9 Å². The first-order valence-corrected chi connectivity index (χ1v) is 7.23. The lowest BCUT2D eigenvalue weighted by molar-refractivity contribution is -0.163. The minimum Gasteiger partial charge on any atom is -0.391 e. The number of nitrogens with two attached hydrogens (primary N) is 1. The molecule has 7 heteroatoms. The third-order valence-electron chi connectivity index (χ3n) is 4.78. The summed E-state index contributed by atoms with van der Waals surface area (Å²) in [7, 11) is 0. The van der Waals surface area contributed by atoms with Gasteiger partial charge in [-0.2, -0.15) is 5.26 Å². The maximum Gasteiger partial charge on any atom is 0.237 e. The minimum absolute atomic E-state index is 0.0113. The van der Waals surface area contributed by atoms with Crippen molar-refractivity contribution in [2.45, 2.75) is 56.8 Å². The van der Waals surface area contributed by atoms with Crippen molar-refractivity contribution in [3.63, 3.8) is 0 Å². The Morgan fingerprint density at radius 3 is 2.71 bits per heavy atom. The number of carbonyl (C=O) groups excluding carboxylic acids is 2. The van der Waals surface area contributed by atoms with E-state index in [4.69, 9.17) is 11.0 Å². The van der Waals surface area contributed by atoms with Crippen molar-refractivity contribution in [1.29, 1.82) is 5.26 Å². The SMILES string of the molecule is CC(=O)N1CCCC12CN([C@H](C(N)=O)[C@@H](C)O)C2CC#N. The number of amides is 2. The number of likely N-dealkylation sites (tertiary alicyclic amines) is 2. The molecule has 7 nitrogen and oxygen atoms in total. The zero-order valence-electron chi connectivity index (χ0n) is 12.5. The van der Waals surface area contributed by atoms with Gasteiger partial charge in [0.05, 0.1) is 24.1 Å². The molecule has 1 spiro atoms. The molecule has 0 aromatic carbocycles.